The van der Waals surface area contributed by atoms with Gasteiger partial charge in [0.05, 0.1) is 12.5 Å². The van der Waals surface area contributed by atoms with Crippen LogP contribution in [0.3, 0.4) is 0 Å². The highest BCUT2D eigenvalue weighted by Gasteiger charge is 2.26. The van der Waals surface area contributed by atoms with Gasteiger partial charge in [0.1, 0.15) is 0 Å². The zero-order valence-electron chi connectivity index (χ0n) is 12.1. The van der Waals surface area contributed by atoms with Crippen LogP contribution in [-0.4, -0.2) is 36.2 Å². The quantitative estimate of drug-likeness (QED) is 0.755. The largest absolute Gasteiger partial charge is 0.466 e. The van der Waals surface area contributed by atoms with Gasteiger partial charge in [0.15, 0.2) is 0 Å². The van der Waals surface area contributed by atoms with E-state index >= 15 is 0 Å². The van der Waals surface area contributed by atoms with Crippen LogP contribution in [0.15, 0.2) is 0 Å². The molecule has 0 aromatic heterocycles. The van der Waals surface area contributed by atoms with Gasteiger partial charge in [-0.2, -0.15) is 11.8 Å². The van der Waals surface area contributed by atoms with Gasteiger partial charge in [0, 0.05) is 12.1 Å². The van der Waals surface area contributed by atoms with Gasteiger partial charge in [-0.3, -0.25) is 4.79 Å². The molecule has 1 N–H and O–H groups in total. The fraction of sp³-hybridized carbons (Fsp3) is 0.929. The maximum absolute atomic E-state index is 11.7. The summed E-state index contributed by atoms with van der Waals surface area (Å²) in [6.07, 6.45) is 2.58. The van der Waals surface area contributed by atoms with Gasteiger partial charge >= 0.3 is 5.97 Å². The molecule has 1 saturated heterocycles. The van der Waals surface area contributed by atoms with E-state index in [1.54, 1.807) is 0 Å². The molecule has 0 saturated carbocycles. The minimum absolute atomic E-state index is 0.0784. The van der Waals surface area contributed by atoms with Crippen molar-refractivity contribution in [3.05, 3.63) is 0 Å². The van der Waals surface area contributed by atoms with Gasteiger partial charge < -0.3 is 10.1 Å². The van der Waals surface area contributed by atoms with Crippen LogP contribution in [0, 0.1) is 11.8 Å². The fourth-order valence-electron chi connectivity index (χ4n) is 2.39. The molecule has 3 nitrogen and oxygen atoms in total. The molecule has 1 aliphatic rings. The summed E-state index contributed by atoms with van der Waals surface area (Å²) in [7, 11) is 0. The molecule has 1 heterocycles. The summed E-state index contributed by atoms with van der Waals surface area (Å²) in [6.45, 7) is 8.58. The fourth-order valence-corrected chi connectivity index (χ4v) is 3.53. The molecule has 0 aliphatic carbocycles. The number of ether oxygens (including phenoxy) is 1. The molecule has 3 unspecified atom stereocenters. The van der Waals surface area contributed by atoms with Gasteiger partial charge in [0.2, 0.25) is 0 Å². The summed E-state index contributed by atoms with van der Waals surface area (Å²) in [5.41, 5.74) is 0. The van der Waals surface area contributed by atoms with Crippen molar-refractivity contribution < 1.29 is 9.53 Å². The van der Waals surface area contributed by atoms with Crippen LogP contribution in [0.2, 0.25) is 0 Å². The van der Waals surface area contributed by atoms with E-state index in [1.807, 2.05) is 13.8 Å². The first-order valence-corrected chi connectivity index (χ1v) is 8.22. The molecule has 1 rings (SSSR count). The second-order valence-corrected chi connectivity index (χ2v) is 6.46. The van der Waals surface area contributed by atoms with Crippen LogP contribution < -0.4 is 5.32 Å². The molecule has 0 aromatic rings. The van der Waals surface area contributed by atoms with Gasteiger partial charge in [0.25, 0.3) is 0 Å². The molecular formula is C14H27NO2S. The van der Waals surface area contributed by atoms with E-state index in [-0.39, 0.29) is 17.9 Å². The standard InChI is InChI=1S/C14H27NO2S/c1-5-17-14(16)10(2)11(3)15-12(4)13-6-8-18-9-7-13/h10-13,15H,5-9H2,1-4H3. The van der Waals surface area contributed by atoms with E-state index in [1.165, 1.54) is 24.3 Å². The Morgan fingerprint density at radius 3 is 2.50 bits per heavy atom. The van der Waals surface area contributed by atoms with Gasteiger partial charge in [-0.15, -0.1) is 0 Å². The first-order chi connectivity index (χ1) is 8.56. The lowest BCUT2D eigenvalue weighted by molar-refractivity contribution is -0.148. The van der Waals surface area contributed by atoms with Crippen molar-refractivity contribution in [2.24, 2.45) is 11.8 Å². The smallest absolute Gasteiger partial charge is 0.310 e. The Labute approximate surface area is 115 Å². The Balaban J connectivity index is 2.37. The monoisotopic (exact) mass is 273 g/mol. The van der Waals surface area contributed by atoms with Crippen molar-refractivity contribution in [2.75, 3.05) is 18.1 Å². The molecule has 0 spiro atoms. The number of hydrogen-bond donors (Lipinski definition) is 1. The highest BCUT2D eigenvalue weighted by Crippen LogP contribution is 2.25. The number of thioether (sulfide) groups is 1. The van der Waals surface area contributed by atoms with Crippen LogP contribution in [-0.2, 0) is 9.53 Å². The zero-order valence-corrected chi connectivity index (χ0v) is 12.9. The van der Waals surface area contributed by atoms with Gasteiger partial charge in [-0.1, -0.05) is 6.92 Å². The lowest BCUT2D eigenvalue weighted by Crippen LogP contribution is -2.45. The Morgan fingerprint density at radius 2 is 1.94 bits per heavy atom. The number of carbonyl (C=O) groups excluding carboxylic acids is 1. The number of nitrogens with one attached hydrogen (secondary N) is 1. The van der Waals surface area contributed by atoms with Crippen molar-refractivity contribution in [2.45, 2.75) is 52.6 Å². The van der Waals surface area contributed by atoms with Crippen molar-refractivity contribution in [3.8, 4) is 0 Å². The van der Waals surface area contributed by atoms with E-state index in [2.05, 4.69) is 30.9 Å². The Hall–Kier alpha value is -0.220. The maximum Gasteiger partial charge on any atom is 0.310 e. The lowest BCUT2D eigenvalue weighted by Gasteiger charge is -2.31. The third-order valence-corrected chi connectivity index (χ3v) is 4.96. The molecular weight excluding hydrogens is 246 g/mol. The summed E-state index contributed by atoms with van der Waals surface area (Å²) in [6, 6.07) is 0.659. The highest BCUT2D eigenvalue weighted by atomic mass is 32.2. The Kier molecular flexibility index (Phi) is 7.08. The molecule has 0 bridgehead atoms. The average molecular weight is 273 g/mol. The minimum Gasteiger partial charge on any atom is -0.466 e. The molecule has 1 aliphatic heterocycles. The van der Waals surface area contributed by atoms with Crippen molar-refractivity contribution in [3.63, 3.8) is 0 Å². The van der Waals surface area contributed by atoms with Crippen LogP contribution in [0.4, 0.5) is 0 Å². The van der Waals surface area contributed by atoms with Crippen molar-refractivity contribution in [1.82, 2.24) is 5.32 Å². The third kappa shape index (κ3) is 4.81. The molecule has 3 atom stereocenters. The molecule has 18 heavy (non-hydrogen) atoms. The van der Waals surface area contributed by atoms with Gasteiger partial charge in [-0.25, -0.2) is 0 Å². The summed E-state index contributed by atoms with van der Waals surface area (Å²) >= 11 is 2.05. The molecule has 0 amide bonds. The molecule has 1 fully saturated rings. The topological polar surface area (TPSA) is 38.3 Å². The van der Waals surface area contributed by atoms with Crippen LogP contribution in [0.5, 0.6) is 0 Å². The first kappa shape index (κ1) is 15.8. The second kappa shape index (κ2) is 8.05. The zero-order chi connectivity index (χ0) is 13.5. The number of esters is 1. The Morgan fingerprint density at radius 1 is 1.33 bits per heavy atom. The van der Waals surface area contributed by atoms with E-state index in [9.17, 15) is 4.79 Å². The average Bonchev–Trinajstić information content (AvgIpc) is 2.39. The predicted molar refractivity (Wildman–Crippen MR) is 77.9 cm³/mol. The molecule has 0 aromatic carbocycles. The maximum atomic E-state index is 11.7. The first-order valence-electron chi connectivity index (χ1n) is 7.06. The SMILES string of the molecule is CCOC(=O)C(C)C(C)NC(C)C1CCSCC1. The Bertz CT molecular complexity index is 254. The van der Waals surface area contributed by atoms with Crippen molar-refractivity contribution >= 4 is 17.7 Å². The molecule has 4 heteroatoms. The normalized spacial score (nSPS) is 22.2. The van der Waals surface area contributed by atoms with E-state index in [4.69, 9.17) is 4.74 Å². The van der Waals surface area contributed by atoms with Crippen molar-refractivity contribution in [1.29, 1.82) is 0 Å². The second-order valence-electron chi connectivity index (χ2n) is 5.23. The van der Waals surface area contributed by atoms with Gasteiger partial charge in [-0.05, 0) is 51.0 Å². The minimum atomic E-state index is -0.0936. The van der Waals surface area contributed by atoms with Crippen LogP contribution in [0.1, 0.15) is 40.5 Å². The number of hydrogen-bond acceptors (Lipinski definition) is 4. The number of rotatable bonds is 6. The highest BCUT2D eigenvalue weighted by molar-refractivity contribution is 7.99. The van der Waals surface area contributed by atoms with Crippen LogP contribution >= 0.6 is 11.8 Å². The predicted octanol–water partition coefficient (Wildman–Crippen LogP) is 2.70. The third-order valence-electron chi connectivity index (χ3n) is 3.91. The summed E-state index contributed by atoms with van der Waals surface area (Å²) in [4.78, 5) is 11.7. The summed E-state index contributed by atoms with van der Waals surface area (Å²) < 4.78 is 5.07. The van der Waals surface area contributed by atoms with E-state index in [0.717, 1.165) is 5.92 Å². The van der Waals surface area contributed by atoms with E-state index in [0.29, 0.717) is 12.6 Å². The lowest BCUT2D eigenvalue weighted by atomic mass is 9.93. The summed E-state index contributed by atoms with van der Waals surface area (Å²) in [5.74, 6) is 3.13. The summed E-state index contributed by atoms with van der Waals surface area (Å²) in [5, 5.41) is 3.58. The molecule has 106 valence electrons. The van der Waals surface area contributed by atoms with Crippen LogP contribution in [0.25, 0.3) is 0 Å². The molecule has 0 radical (unpaired) electrons. The number of carbonyl (C=O) groups is 1. The van der Waals surface area contributed by atoms with E-state index < -0.39 is 0 Å².